The Labute approximate surface area is 223 Å². The van der Waals surface area contributed by atoms with Crippen LogP contribution in [-0.4, -0.2) is 30.3 Å². The van der Waals surface area contributed by atoms with Gasteiger partial charge >= 0.3 is 6.09 Å². The van der Waals surface area contributed by atoms with Gasteiger partial charge in [-0.1, -0.05) is 62.4 Å². The first-order chi connectivity index (χ1) is 18.3. The van der Waals surface area contributed by atoms with Gasteiger partial charge < -0.3 is 25.6 Å². The van der Waals surface area contributed by atoms with Gasteiger partial charge in [0.15, 0.2) is 0 Å². The number of nitrogens with two attached hydrogens (primary N) is 1. The van der Waals surface area contributed by atoms with Crippen LogP contribution in [-0.2, 0) is 9.53 Å². The highest BCUT2D eigenvalue weighted by atomic mass is 16.6. The Morgan fingerprint density at radius 3 is 2.34 bits per heavy atom. The number of hydrogen-bond acceptors (Lipinski definition) is 6. The van der Waals surface area contributed by atoms with E-state index in [1.165, 1.54) is 6.08 Å². The van der Waals surface area contributed by atoms with E-state index in [-0.39, 0.29) is 19.1 Å². The van der Waals surface area contributed by atoms with Crippen molar-refractivity contribution in [2.75, 3.05) is 29.6 Å². The van der Waals surface area contributed by atoms with Gasteiger partial charge in [0, 0.05) is 11.1 Å². The predicted octanol–water partition coefficient (Wildman–Crippen LogP) is 5.93. The summed E-state index contributed by atoms with van der Waals surface area (Å²) in [7, 11) is 0. The number of para-hydroxylation sites is 3. The summed E-state index contributed by atoms with van der Waals surface area (Å²) in [5, 5.41) is 14.5. The molecule has 0 spiro atoms. The van der Waals surface area contributed by atoms with Gasteiger partial charge in [0.25, 0.3) is 0 Å². The Morgan fingerprint density at radius 1 is 0.974 bits per heavy atom. The van der Waals surface area contributed by atoms with Crippen LogP contribution in [0.1, 0.15) is 38.4 Å². The number of allylic oxidation sites excluding steroid dienone is 1. The zero-order valence-corrected chi connectivity index (χ0v) is 21.7. The molecule has 1 atom stereocenters. The number of nitrogens with one attached hydrogen (secondary N) is 2. The van der Waals surface area contributed by atoms with Crippen LogP contribution >= 0.6 is 0 Å². The molecule has 0 aliphatic rings. The Bertz CT molecular complexity index is 1210. The van der Waals surface area contributed by atoms with Crippen LogP contribution in [0.2, 0.25) is 0 Å². The Balaban J connectivity index is 1.68. The number of aliphatic hydroxyl groups excluding tert-OH is 1. The fourth-order valence-electron chi connectivity index (χ4n) is 3.92. The fraction of sp³-hybridized carbons (Fsp3) is 0.267. The Kier molecular flexibility index (Phi) is 10.3. The van der Waals surface area contributed by atoms with E-state index in [9.17, 15) is 9.59 Å². The average Bonchev–Trinajstić information content (AvgIpc) is 2.91. The summed E-state index contributed by atoms with van der Waals surface area (Å²) in [4.78, 5) is 25.1. The van der Waals surface area contributed by atoms with Crippen molar-refractivity contribution in [2.24, 2.45) is 5.41 Å². The van der Waals surface area contributed by atoms with E-state index < -0.39 is 17.6 Å². The van der Waals surface area contributed by atoms with Crippen molar-refractivity contribution in [2.45, 2.75) is 32.8 Å². The molecule has 3 rings (SSSR count). The molecule has 0 bridgehead atoms. The normalized spacial score (nSPS) is 12.1. The molecule has 0 aliphatic carbocycles. The lowest BCUT2D eigenvalue weighted by atomic mass is 9.78. The molecule has 2 amide bonds. The number of ether oxygens (including phenoxy) is 2. The number of carbonyl (C=O) groups is 2. The van der Waals surface area contributed by atoms with E-state index >= 15 is 0 Å². The second kappa shape index (κ2) is 13.9. The summed E-state index contributed by atoms with van der Waals surface area (Å²) in [5.41, 5.74) is 7.90. The molecule has 0 aliphatic heterocycles. The molecule has 38 heavy (non-hydrogen) atoms. The zero-order chi connectivity index (χ0) is 27.4. The van der Waals surface area contributed by atoms with E-state index in [0.717, 1.165) is 5.56 Å². The van der Waals surface area contributed by atoms with Crippen LogP contribution in [0, 0.1) is 5.41 Å². The number of hydrogen-bond donors (Lipinski definition) is 4. The fourth-order valence-corrected chi connectivity index (χ4v) is 3.92. The minimum absolute atomic E-state index is 0.0789. The zero-order valence-electron chi connectivity index (χ0n) is 21.7. The van der Waals surface area contributed by atoms with Gasteiger partial charge in [0.2, 0.25) is 5.91 Å². The van der Waals surface area contributed by atoms with E-state index in [1.54, 1.807) is 54.6 Å². The summed E-state index contributed by atoms with van der Waals surface area (Å²) < 4.78 is 11.4. The molecule has 0 saturated carbocycles. The Hall–Kier alpha value is -4.30. The van der Waals surface area contributed by atoms with E-state index in [1.807, 2.05) is 44.2 Å². The maximum absolute atomic E-state index is 12.8. The lowest BCUT2D eigenvalue weighted by molar-refractivity contribution is -0.111. The van der Waals surface area contributed by atoms with Crippen LogP contribution in [0.15, 0.2) is 91.0 Å². The number of amides is 2. The molecule has 0 fully saturated rings. The van der Waals surface area contributed by atoms with Crippen LogP contribution < -0.4 is 21.1 Å². The molecule has 0 heterocycles. The van der Waals surface area contributed by atoms with Crippen LogP contribution in [0.4, 0.5) is 21.9 Å². The molecule has 0 aromatic heterocycles. The smallest absolute Gasteiger partial charge is 0.412 e. The molecule has 8 heteroatoms. The molecule has 8 nitrogen and oxygen atoms in total. The highest BCUT2D eigenvalue weighted by Gasteiger charge is 2.34. The molecular weight excluding hydrogens is 482 g/mol. The standard InChI is InChI=1S/C30H35N3O5/c1-30(2,19-9-8-14-27(35)33-26-13-7-6-12-25(26)31)28(22-15-17-24(18-16-22)37-21-20-34)38-29(36)32-23-10-4-3-5-11-23/h3-8,10-18,28,34H,9,19-21,31H2,1-2H3,(H,32,36)(H,33,35)/b14-8+/t28-/m0/s1. The molecule has 3 aromatic rings. The summed E-state index contributed by atoms with van der Waals surface area (Å²) in [6, 6.07) is 23.4. The number of benzene rings is 3. The predicted molar refractivity (Wildman–Crippen MR) is 150 cm³/mol. The minimum atomic E-state index is -0.579. The number of rotatable bonds is 12. The molecule has 5 N–H and O–H groups in total. The van der Waals surface area contributed by atoms with Gasteiger partial charge in [0.1, 0.15) is 18.5 Å². The van der Waals surface area contributed by atoms with Crippen molar-refractivity contribution < 1.29 is 24.2 Å². The van der Waals surface area contributed by atoms with Gasteiger partial charge in [-0.3, -0.25) is 10.1 Å². The number of carbonyl (C=O) groups excluding carboxylic acids is 2. The highest BCUT2D eigenvalue weighted by molar-refractivity contribution is 6.01. The second-order valence-electron chi connectivity index (χ2n) is 9.42. The summed E-state index contributed by atoms with van der Waals surface area (Å²) in [5.74, 6) is 0.343. The first-order valence-corrected chi connectivity index (χ1v) is 12.5. The molecule has 0 unspecified atom stereocenters. The topological polar surface area (TPSA) is 123 Å². The molecule has 200 valence electrons. The molecule has 0 saturated heterocycles. The van der Waals surface area contributed by atoms with E-state index in [2.05, 4.69) is 10.6 Å². The SMILES string of the molecule is CC(C)(CC/C=C/C(=O)Nc1ccccc1N)[C@@H](OC(=O)Nc1ccccc1)c1ccc(OCCO)cc1. The first kappa shape index (κ1) is 28.3. The van der Waals surface area contributed by atoms with Crippen LogP contribution in [0.3, 0.4) is 0 Å². The number of aliphatic hydroxyl groups is 1. The van der Waals surface area contributed by atoms with Crippen molar-refractivity contribution in [1.29, 1.82) is 0 Å². The van der Waals surface area contributed by atoms with Crippen molar-refractivity contribution in [3.63, 3.8) is 0 Å². The lowest BCUT2D eigenvalue weighted by Crippen LogP contribution is -2.29. The monoisotopic (exact) mass is 517 g/mol. The van der Waals surface area contributed by atoms with Gasteiger partial charge in [-0.2, -0.15) is 0 Å². The van der Waals surface area contributed by atoms with Gasteiger partial charge in [-0.25, -0.2) is 4.79 Å². The molecule has 3 aromatic carbocycles. The number of nitrogen functional groups attached to an aromatic ring is 1. The number of anilines is 3. The minimum Gasteiger partial charge on any atom is -0.491 e. The summed E-state index contributed by atoms with van der Waals surface area (Å²) >= 11 is 0. The van der Waals surface area contributed by atoms with Gasteiger partial charge in [0.05, 0.1) is 18.0 Å². The molecular formula is C30H35N3O5. The largest absolute Gasteiger partial charge is 0.491 e. The third-order valence-electron chi connectivity index (χ3n) is 5.94. The van der Waals surface area contributed by atoms with Crippen molar-refractivity contribution in [3.05, 3.63) is 96.6 Å². The average molecular weight is 518 g/mol. The summed E-state index contributed by atoms with van der Waals surface area (Å²) in [6.07, 6.45) is 3.35. The van der Waals surface area contributed by atoms with Gasteiger partial charge in [-0.05, 0) is 60.9 Å². The van der Waals surface area contributed by atoms with Gasteiger partial charge in [-0.15, -0.1) is 0 Å². The highest BCUT2D eigenvalue weighted by Crippen LogP contribution is 2.41. The van der Waals surface area contributed by atoms with Crippen molar-refractivity contribution in [3.8, 4) is 5.75 Å². The second-order valence-corrected chi connectivity index (χ2v) is 9.42. The molecule has 0 radical (unpaired) electrons. The summed E-state index contributed by atoms with van der Waals surface area (Å²) in [6.45, 7) is 4.15. The maximum atomic E-state index is 12.8. The van der Waals surface area contributed by atoms with Crippen molar-refractivity contribution in [1.82, 2.24) is 0 Å². The van der Waals surface area contributed by atoms with Crippen molar-refractivity contribution >= 4 is 29.1 Å². The maximum Gasteiger partial charge on any atom is 0.412 e. The van der Waals surface area contributed by atoms with Crippen LogP contribution in [0.25, 0.3) is 0 Å². The third-order valence-corrected chi connectivity index (χ3v) is 5.94. The van der Waals surface area contributed by atoms with Crippen LogP contribution in [0.5, 0.6) is 5.75 Å². The Morgan fingerprint density at radius 2 is 1.66 bits per heavy atom. The lowest BCUT2D eigenvalue weighted by Gasteiger charge is -2.34. The van der Waals surface area contributed by atoms with E-state index in [4.69, 9.17) is 20.3 Å². The van der Waals surface area contributed by atoms with E-state index in [0.29, 0.717) is 35.7 Å². The third kappa shape index (κ3) is 8.67. The first-order valence-electron chi connectivity index (χ1n) is 12.5. The quantitative estimate of drug-likeness (QED) is 0.174.